The van der Waals surface area contributed by atoms with Gasteiger partial charge in [-0.3, -0.25) is 4.79 Å². The van der Waals surface area contributed by atoms with E-state index in [1.54, 1.807) is 0 Å². The Morgan fingerprint density at radius 2 is 2.25 bits per heavy atom. The minimum absolute atomic E-state index is 0.112. The zero-order valence-electron chi connectivity index (χ0n) is 11.8. The van der Waals surface area contributed by atoms with Crippen molar-refractivity contribution in [3.05, 3.63) is 23.8 Å². The molecule has 1 aliphatic rings. The highest BCUT2D eigenvalue weighted by Crippen LogP contribution is 2.31. The molecule has 1 saturated carbocycles. The molecule has 0 unspecified atom stereocenters. The zero-order chi connectivity index (χ0) is 14.3. The number of anilines is 1. The second kappa shape index (κ2) is 5.05. The van der Waals surface area contributed by atoms with Crippen LogP contribution in [-0.2, 0) is 0 Å². The number of nitrogen functional groups attached to an aromatic ring is 1. The van der Waals surface area contributed by atoms with Gasteiger partial charge in [-0.25, -0.2) is 4.98 Å². The summed E-state index contributed by atoms with van der Waals surface area (Å²) >= 11 is 1.43. The molecule has 2 aromatic rings. The fraction of sp³-hybridized carbons (Fsp3) is 0.467. The molecule has 1 aromatic heterocycles. The van der Waals surface area contributed by atoms with Gasteiger partial charge in [-0.15, -0.1) is 0 Å². The van der Waals surface area contributed by atoms with Crippen LogP contribution in [0.25, 0.3) is 10.2 Å². The quantitative estimate of drug-likeness (QED) is 0.940. The Labute approximate surface area is 122 Å². The third kappa shape index (κ3) is 2.63. The lowest BCUT2D eigenvalue weighted by molar-refractivity contribution is 0.0696. The van der Waals surface area contributed by atoms with Crippen molar-refractivity contribution < 1.29 is 4.79 Å². The van der Waals surface area contributed by atoms with E-state index in [1.165, 1.54) is 24.2 Å². The molecule has 0 atom stereocenters. The Hall–Kier alpha value is -1.62. The second-order valence-electron chi connectivity index (χ2n) is 5.73. The summed E-state index contributed by atoms with van der Waals surface area (Å²) in [6, 6.07) is 5.87. The number of fused-ring (bicyclic) bond motifs is 1. The number of hydrogen-bond acceptors (Lipinski definition) is 4. The lowest BCUT2D eigenvalue weighted by Gasteiger charge is -2.27. The molecule has 0 radical (unpaired) electrons. The molecule has 5 heteroatoms. The first-order valence-electron chi connectivity index (χ1n) is 7.01. The predicted octanol–water partition coefficient (Wildman–Crippen LogP) is 3.14. The fourth-order valence-electron chi connectivity index (χ4n) is 2.35. The van der Waals surface area contributed by atoms with Gasteiger partial charge in [0.25, 0.3) is 5.91 Å². The Morgan fingerprint density at radius 3 is 2.90 bits per heavy atom. The lowest BCUT2D eigenvalue weighted by Crippen LogP contribution is -2.38. The van der Waals surface area contributed by atoms with Crippen LogP contribution in [0.1, 0.15) is 37.0 Å². The lowest BCUT2D eigenvalue weighted by atomic mass is 10.1. The molecule has 106 valence electrons. The zero-order valence-corrected chi connectivity index (χ0v) is 12.6. The number of carbonyl (C=O) groups excluding carboxylic acids is 1. The molecule has 1 aliphatic carbocycles. The maximum absolute atomic E-state index is 12.7. The van der Waals surface area contributed by atoms with Gasteiger partial charge in [0.1, 0.15) is 0 Å². The highest BCUT2D eigenvalue weighted by atomic mass is 32.1. The number of amides is 1. The van der Waals surface area contributed by atoms with Gasteiger partial charge in [-0.2, -0.15) is 0 Å². The minimum Gasteiger partial charge on any atom is -0.375 e. The molecule has 2 N–H and O–H groups in total. The van der Waals surface area contributed by atoms with Crippen LogP contribution in [0.2, 0.25) is 0 Å². The van der Waals surface area contributed by atoms with Crippen molar-refractivity contribution >= 4 is 32.6 Å². The summed E-state index contributed by atoms with van der Waals surface area (Å²) in [5, 5.41) is 0.545. The molecular weight excluding hydrogens is 270 g/mol. The van der Waals surface area contributed by atoms with Gasteiger partial charge in [0, 0.05) is 18.2 Å². The highest BCUT2D eigenvalue weighted by Gasteiger charge is 2.28. The van der Waals surface area contributed by atoms with Crippen molar-refractivity contribution in [2.75, 3.05) is 12.3 Å². The number of aromatic nitrogens is 1. The van der Waals surface area contributed by atoms with E-state index in [1.807, 2.05) is 23.1 Å². The molecule has 1 heterocycles. The maximum atomic E-state index is 12.7. The van der Waals surface area contributed by atoms with Gasteiger partial charge in [-0.1, -0.05) is 11.3 Å². The van der Waals surface area contributed by atoms with Crippen LogP contribution in [0.15, 0.2) is 18.2 Å². The van der Waals surface area contributed by atoms with Crippen molar-refractivity contribution in [3.63, 3.8) is 0 Å². The maximum Gasteiger partial charge on any atom is 0.254 e. The van der Waals surface area contributed by atoms with Crippen LogP contribution in [-0.4, -0.2) is 28.4 Å². The standard InChI is InChI=1S/C15H19N3OS/c1-9(2)18(8-10-3-4-10)14(19)11-5-6-12-13(7-11)20-15(16)17-12/h5-7,9-10H,3-4,8H2,1-2H3,(H2,16,17). The van der Waals surface area contributed by atoms with Crippen LogP contribution >= 0.6 is 11.3 Å². The number of benzene rings is 1. The van der Waals surface area contributed by atoms with Crippen LogP contribution in [0.4, 0.5) is 5.13 Å². The molecule has 1 aromatic carbocycles. The third-order valence-electron chi connectivity index (χ3n) is 3.69. The number of rotatable bonds is 4. The number of carbonyl (C=O) groups is 1. The molecule has 1 fully saturated rings. The third-order valence-corrected chi connectivity index (χ3v) is 4.54. The predicted molar refractivity (Wildman–Crippen MR) is 82.9 cm³/mol. The summed E-state index contributed by atoms with van der Waals surface area (Å²) in [7, 11) is 0. The van der Waals surface area contributed by atoms with E-state index >= 15 is 0 Å². The molecule has 0 spiro atoms. The van der Waals surface area contributed by atoms with E-state index in [0.717, 1.165) is 22.3 Å². The van der Waals surface area contributed by atoms with Gasteiger partial charge in [-0.05, 0) is 50.8 Å². The van der Waals surface area contributed by atoms with Crippen molar-refractivity contribution in [3.8, 4) is 0 Å². The SMILES string of the molecule is CC(C)N(CC1CC1)C(=O)c1ccc2nc(N)sc2c1. The molecule has 0 bridgehead atoms. The first-order valence-corrected chi connectivity index (χ1v) is 7.83. The van der Waals surface area contributed by atoms with Crippen LogP contribution in [0.3, 0.4) is 0 Å². The monoisotopic (exact) mass is 289 g/mol. The number of nitrogens with zero attached hydrogens (tertiary/aromatic N) is 2. The average Bonchev–Trinajstić information content (AvgIpc) is 3.14. The average molecular weight is 289 g/mol. The largest absolute Gasteiger partial charge is 0.375 e. The van der Waals surface area contributed by atoms with Crippen molar-refractivity contribution in [1.82, 2.24) is 9.88 Å². The summed E-state index contributed by atoms with van der Waals surface area (Å²) in [6.45, 7) is 5.02. The van der Waals surface area contributed by atoms with Crippen LogP contribution < -0.4 is 5.73 Å². The van der Waals surface area contributed by atoms with Gasteiger partial charge in [0.05, 0.1) is 10.2 Å². The van der Waals surface area contributed by atoms with Crippen molar-refractivity contribution in [2.45, 2.75) is 32.7 Å². The first kappa shape index (κ1) is 13.4. The number of thiazole rings is 1. The molecule has 20 heavy (non-hydrogen) atoms. The molecule has 1 amide bonds. The molecular formula is C15H19N3OS. The summed E-state index contributed by atoms with van der Waals surface area (Å²) in [6.07, 6.45) is 2.50. The summed E-state index contributed by atoms with van der Waals surface area (Å²) in [4.78, 5) is 18.9. The smallest absolute Gasteiger partial charge is 0.254 e. The van der Waals surface area contributed by atoms with Crippen molar-refractivity contribution in [2.24, 2.45) is 5.92 Å². The van der Waals surface area contributed by atoms with Gasteiger partial charge < -0.3 is 10.6 Å². The molecule has 4 nitrogen and oxygen atoms in total. The highest BCUT2D eigenvalue weighted by molar-refractivity contribution is 7.22. The van der Waals surface area contributed by atoms with E-state index < -0.39 is 0 Å². The van der Waals surface area contributed by atoms with E-state index in [0.29, 0.717) is 11.0 Å². The van der Waals surface area contributed by atoms with Gasteiger partial charge >= 0.3 is 0 Å². The summed E-state index contributed by atoms with van der Waals surface area (Å²) in [5.74, 6) is 0.810. The van der Waals surface area contributed by atoms with Gasteiger partial charge in [0.15, 0.2) is 5.13 Å². The number of nitrogens with two attached hydrogens (primary N) is 1. The van der Waals surface area contributed by atoms with Crippen LogP contribution in [0.5, 0.6) is 0 Å². The fourth-order valence-corrected chi connectivity index (χ4v) is 3.12. The Morgan fingerprint density at radius 1 is 1.50 bits per heavy atom. The molecule has 0 aliphatic heterocycles. The summed E-state index contributed by atoms with van der Waals surface area (Å²) in [5.41, 5.74) is 7.31. The second-order valence-corrected chi connectivity index (χ2v) is 6.79. The van der Waals surface area contributed by atoms with Gasteiger partial charge in [0.2, 0.25) is 0 Å². The van der Waals surface area contributed by atoms with E-state index in [-0.39, 0.29) is 11.9 Å². The molecule has 3 rings (SSSR count). The number of hydrogen-bond donors (Lipinski definition) is 1. The minimum atomic E-state index is 0.112. The van der Waals surface area contributed by atoms with E-state index in [4.69, 9.17) is 5.73 Å². The van der Waals surface area contributed by atoms with E-state index in [2.05, 4.69) is 18.8 Å². The summed E-state index contributed by atoms with van der Waals surface area (Å²) < 4.78 is 0.975. The first-order chi connectivity index (χ1) is 9.54. The molecule has 0 saturated heterocycles. The van der Waals surface area contributed by atoms with Crippen LogP contribution in [0, 0.1) is 5.92 Å². The Kier molecular flexibility index (Phi) is 3.38. The van der Waals surface area contributed by atoms with Crippen molar-refractivity contribution in [1.29, 1.82) is 0 Å². The Balaban J connectivity index is 1.88. The normalized spacial score (nSPS) is 14.9. The van der Waals surface area contributed by atoms with E-state index in [9.17, 15) is 4.79 Å². The topological polar surface area (TPSA) is 59.2 Å². The Bertz CT molecular complexity index is 646.